The van der Waals surface area contributed by atoms with Crippen molar-refractivity contribution in [1.29, 1.82) is 0 Å². The average molecular weight is 174 g/mol. The van der Waals surface area contributed by atoms with Gasteiger partial charge in [-0.3, -0.25) is 0 Å². The molecule has 0 aromatic heterocycles. The summed E-state index contributed by atoms with van der Waals surface area (Å²) in [6, 6.07) is 10.1. The Hall–Kier alpha value is -1.06. The van der Waals surface area contributed by atoms with Gasteiger partial charge < -0.3 is 9.31 Å². The fraction of sp³-hybridized carbons (Fsp3) is 0.200. The Morgan fingerprint density at radius 1 is 1.08 bits per heavy atom. The third-order valence-electron chi connectivity index (χ3n) is 1.89. The van der Waals surface area contributed by atoms with E-state index in [1.54, 1.807) is 0 Å². The Bertz CT molecular complexity index is 278. The Balaban J connectivity index is 1.97. The minimum atomic E-state index is -0.153. The van der Waals surface area contributed by atoms with Gasteiger partial charge >= 0.3 is 7.12 Å². The SMILES string of the molecule is C(=C\c1ccccc1)/B1OCCO1. The van der Waals surface area contributed by atoms with E-state index in [9.17, 15) is 0 Å². The van der Waals surface area contributed by atoms with Crippen molar-refractivity contribution in [3.8, 4) is 0 Å². The van der Waals surface area contributed by atoms with Crippen molar-refractivity contribution in [2.24, 2.45) is 0 Å². The highest BCUT2D eigenvalue weighted by molar-refractivity contribution is 6.52. The van der Waals surface area contributed by atoms with Crippen molar-refractivity contribution in [3.63, 3.8) is 0 Å². The maximum atomic E-state index is 5.27. The van der Waals surface area contributed by atoms with Gasteiger partial charge in [-0.1, -0.05) is 42.4 Å². The third-order valence-corrected chi connectivity index (χ3v) is 1.89. The highest BCUT2D eigenvalue weighted by atomic mass is 16.6. The Kier molecular flexibility index (Phi) is 2.80. The molecule has 0 saturated carbocycles. The van der Waals surface area contributed by atoms with Crippen molar-refractivity contribution in [3.05, 3.63) is 41.9 Å². The molecule has 0 atom stereocenters. The maximum Gasteiger partial charge on any atom is 0.486 e. The van der Waals surface area contributed by atoms with E-state index in [-0.39, 0.29) is 7.12 Å². The summed E-state index contributed by atoms with van der Waals surface area (Å²) in [4.78, 5) is 0. The normalized spacial score (nSPS) is 17.1. The molecule has 66 valence electrons. The van der Waals surface area contributed by atoms with E-state index < -0.39 is 0 Å². The average Bonchev–Trinajstić information content (AvgIpc) is 2.69. The summed E-state index contributed by atoms with van der Waals surface area (Å²) in [6.07, 6.45) is 2.01. The molecule has 1 heterocycles. The first-order chi connectivity index (χ1) is 6.45. The van der Waals surface area contributed by atoms with Crippen LogP contribution in [0.15, 0.2) is 36.3 Å². The van der Waals surface area contributed by atoms with Crippen LogP contribution in [-0.2, 0) is 9.31 Å². The van der Waals surface area contributed by atoms with Crippen LogP contribution in [0.25, 0.3) is 6.08 Å². The van der Waals surface area contributed by atoms with E-state index in [1.165, 1.54) is 5.56 Å². The molecule has 0 N–H and O–H groups in total. The van der Waals surface area contributed by atoms with Gasteiger partial charge in [-0.2, -0.15) is 0 Å². The van der Waals surface area contributed by atoms with Crippen LogP contribution >= 0.6 is 0 Å². The zero-order valence-corrected chi connectivity index (χ0v) is 7.35. The lowest BCUT2D eigenvalue weighted by atomic mass is 9.89. The fourth-order valence-corrected chi connectivity index (χ4v) is 1.24. The van der Waals surface area contributed by atoms with E-state index in [0.29, 0.717) is 13.2 Å². The summed E-state index contributed by atoms with van der Waals surface area (Å²) in [5.41, 5.74) is 1.17. The molecule has 0 spiro atoms. The van der Waals surface area contributed by atoms with Gasteiger partial charge in [0.1, 0.15) is 0 Å². The molecule has 1 aromatic rings. The first-order valence-electron chi connectivity index (χ1n) is 4.41. The van der Waals surface area contributed by atoms with Gasteiger partial charge in [-0.15, -0.1) is 0 Å². The second kappa shape index (κ2) is 4.26. The van der Waals surface area contributed by atoms with Crippen LogP contribution < -0.4 is 0 Å². The fourth-order valence-electron chi connectivity index (χ4n) is 1.24. The molecule has 1 fully saturated rings. The van der Waals surface area contributed by atoms with Crippen LogP contribution in [-0.4, -0.2) is 20.3 Å². The smallest absolute Gasteiger partial charge is 0.405 e. The lowest BCUT2D eigenvalue weighted by Crippen LogP contribution is -2.09. The summed E-state index contributed by atoms with van der Waals surface area (Å²) in [6.45, 7) is 1.40. The molecule has 13 heavy (non-hydrogen) atoms. The van der Waals surface area contributed by atoms with Crippen LogP contribution in [0.3, 0.4) is 0 Å². The minimum absolute atomic E-state index is 0.153. The van der Waals surface area contributed by atoms with Crippen LogP contribution in [0.4, 0.5) is 0 Å². The lowest BCUT2D eigenvalue weighted by Gasteiger charge is -1.95. The highest BCUT2D eigenvalue weighted by Crippen LogP contribution is 2.05. The summed E-state index contributed by atoms with van der Waals surface area (Å²) in [5.74, 6) is 1.93. The van der Waals surface area contributed by atoms with Crippen molar-refractivity contribution in [2.75, 3.05) is 13.2 Å². The van der Waals surface area contributed by atoms with Crippen molar-refractivity contribution < 1.29 is 9.31 Å². The molecule has 1 saturated heterocycles. The number of rotatable bonds is 2. The second-order valence-electron chi connectivity index (χ2n) is 2.88. The molecule has 0 radical (unpaired) electrons. The van der Waals surface area contributed by atoms with Crippen LogP contribution in [0.2, 0.25) is 0 Å². The molecule has 3 heteroatoms. The Labute approximate surface area is 78.3 Å². The van der Waals surface area contributed by atoms with Crippen LogP contribution in [0, 0.1) is 0 Å². The molecular formula is C10H11BO2. The first-order valence-corrected chi connectivity index (χ1v) is 4.41. The number of benzene rings is 1. The van der Waals surface area contributed by atoms with Gasteiger partial charge in [-0.05, 0) is 5.56 Å². The quantitative estimate of drug-likeness (QED) is 0.636. The monoisotopic (exact) mass is 174 g/mol. The minimum Gasteiger partial charge on any atom is -0.405 e. The summed E-state index contributed by atoms with van der Waals surface area (Å²) in [7, 11) is -0.153. The molecule has 1 aromatic carbocycles. The molecule has 0 bridgehead atoms. The Morgan fingerprint density at radius 3 is 2.46 bits per heavy atom. The maximum absolute atomic E-state index is 5.27. The van der Waals surface area contributed by atoms with Crippen LogP contribution in [0.1, 0.15) is 5.56 Å². The van der Waals surface area contributed by atoms with Crippen molar-refractivity contribution in [2.45, 2.75) is 0 Å². The van der Waals surface area contributed by atoms with E-state index in [0.717, 1.165) is 0 Å². The van der Waals surface area contributed by atoms with E-state index >= 15 is 0 Å². The molecule has 1 aliphatic heterocycles. The lowest BCUT2D eigenvalue weighted by molar-refractivity contribution is 0.365. The van der Waals surface area contributed by atoms with Crippen LogP contribution in [0.5, 0.6) is 0 Å². The molecule has 0 aliphatic carbocycles. The van der Waals surface area contributed by atoms with E-state index in [4.69, 9.17) is 9.31 Å². The van der Waals surface area contributed by atoms with Gasteiger partial charge in [0.05, 0.1) is 13.2 Å². The summed E-state index contributed by atoms with van der Waals surface area (Å²) < 4.78 is 10.5. The molecule has 2 nitrogen and oxygen atoms in total. The second-order valence-corrected chi connectivity index (χ2v) is 2.88. The molecule has 2 rings (SSSR count). The van der Waals surface area contributed by atoms with Gasteiger partial charge in [0.25, 0.3) is 0 Å². The molecule has 0 unspecified atom stereocenters. The van der Waals surface area contributed by atoms with Crippen molar-refractivity contribution in [1.82, 2.24) is 0 Å². The first kappa shape index (κ1) is 8.54. The topological polar surface area (TPSA) is 18.5 Å². The summed E-state index contributed by atoms with van der Waals surface area (Å²) >= 11 is 0. The zero-order chi connectivity index (χ0) is 8.93. The van der Waals surface area contributed by atoms with Gasteiger partial charge in [-0.25, -0.2) is 0 Å². The number of hydrogen-bond acceptors (Lipinski definition) is 2. The van der Waals surface area contributed by atoms with Gasteiger partial charge in [0, 0.05) is 0 Å². The molecular weight excluding hydrogens is 163 g/mol. The van der Waals surface area contributed by atoms with Gasteiger partial charge in [0.15, 0.2) is 0 Å². The predicted molar refractivity (Wildman–Crippen MR) is 53.1 cm³/mol. The summed E-state index contributed by atoms with van der Waals surface area (Å²) in [5, 5.41) is 0. The third kappa shape index (κ3) is 2.44. The number of hydrogen-bond donors (Lipinski definition) is 0. The zero-order valence-electron chi connectivity index (χ0n) is 7.35. The predicted octanol–water partition coefficient (Wildman–Crippen LogP) is 1.77. The highest BCUT2D eigenvalue weighted by Gasteiger charge is 2.19. The van der Waals surface area contributed by atoms with E-state index in [2.05, 4.69) is 0 Å². The molecule has 0 amide bonds. The van der Waals surface area contributed by atoms with E-state index in [1.807, 2.05) is 42.4 Å². The Morgan fingerprint density at radius 2 is 1.77 bits per heavy atom. The largest absolute Gasteiger partial charge is 0.486 e. The standard InChI is InChI=1S/C10H11BO2/c1-2-4-10(5-3-1)6-7-11-12-8-9-13-11/h1-7H,8-9H2/b7-6+. The van der Waals surface area contributed by atoms with Gasteiger partial charge in [0.2, 0.25) is 0 Å². The molecule has 1 aliphatic rings. The van der Waals surface area contributed by atoms with Crippen molar-refractivity contribution >= 4 is 13.2 Å².